The van der Waals surface area contributed by atoms with Crippen LogP contribution in [-0.2, 0) is 6.42 Å². The van der Waals surface area contributed by atoms with Crippen molar-refractivity contribution in [1.82, 2.24) is 0 Å². The minimum absolute atomic E-state index is 0.162. The normalized spacial score (nSPS) is 12.3. The summed E-state index contributed by atoms with van der Waals surface area (Å²) < 4.78 is 34.3. The van der Waals surface area contributed by atoms with Crippen LogP contribution >= 0.6 is 15.9 Å². The fourth-order valence-corrected chi connectivity index (χ4v) is 2.24. The second-order valence-electron chi connectivity index (χ2n) is 5.08. The smallest absolute Gasteiger partial charge is 0.198 e. The highest BCUT2D eigenvalue weighted by atomic mass is 79.9. The first-order valence-corrected chi connectivity index (χ1v) is 7.33. The number of hydrogen-bond donors (Lipinski definition) is 1. The van der Waals surface area contributed by atoms with Crippen LogP contribution in [0.4, 0.5) is 8.78 Å². The van der Waals surface area contributed by atoms with Gasteiger partial charge in [-0.05, 0) is 61.7 Å². The van der Waals surface area contributed by atoms with E-state index in [1.807, 2.05) is 6.92 Å². The maximum Gasteiger partial charge on any atom is 0.198 e. The molecule has 0 heterocycles. The molecule has 0 amide bonds. The van der Waals surface area contributed by atoms with Crippen molar-refractivity contribution < 1.29 is 13.5 Å². The number of aryl methyl sites for hydroxylation is 1. The molecule has 0 bridgehead atoms. The predicted octanol–water partition coefficient (Wildman–Crippen LogP) is 4.72. The summed E-state index contributed by atoms with van der Waals surface area (Å²) >= 11 is 3.36. The molecular formula is C16H16BrF2NO. The number of nitrogens with two attached hydrogens (primary N) is 1. The van der Waals surface area contributed by atoms with Crippen molar-refractivity contribution in [2.45, 2.75) is 26.3 Å². The van der Waals surface area contributed by atoms with E-state index in [1.165, 1.54) is 12.1 Å². The number of benzene rings is 2. The molecule has 0 spiro atoms. The molecule has 2 nitrogen and oxygen atoms in total. The Morgan fingerprint density at radius 3 is 2.33 bits per heavy atom. The fourth-order valence-electron chi connectivity index (χ4n) is 2.00. The van der Waals surface area contributed by atoms with Gasteiger partial charge < -0.3 is 10.5 Å². The number of rotatable bonds is 4. The van der Waals surface area contributed by atoms with E-state index < -0.39 is 17.4 Å². The highest BCUT2D eigenvalue weighted by Gasteiger charge is 2.14. The Hall–Kier alpha value is -1.46. The van der Waals surface area contributed by atoms with Crippen LogP contribution in [0.15, 0.2) is 34.8 Å². The van der Waals surface area contributed by atoms with E-state index in [0.717, 1.165) is 10.0 Å². The zero-order chi connectivity index (χ0) is 15.6. The van der Waals surface area contributed by atoms with Gasteiger partial charge in [-0.1, -0.05) is 15.9 Å². The molecule has 0 aliphatic carbocycles. The highest BCUT2D eigenvalue weighted by molar-refractivity contribution is 9.10. The number of hydrogen-bond acceptors (Lipinski definition) is 2. The van der Waals surface area contributed by atoms with Gasteiger partial charge in [-0.15, -0.1) is 0 Å². The summed E-state index contributed by atoms with van der Waals surface area (Å²) in [5.74, 6) is -1.48. The van der Waals surface area contributed by atoms with E-state index in [4.69, 9.17) is 10.5 Å². The first kappa shape index (κ1) is 15.9. The molecule has 2 aromatic rings. The molecule has 0 aliphatic rings. The summed E-state index contributed by atoms with van der Waals surface area (Å²) in [4.78, 5) is 0. The Balaban J connectivity index is 2.29. The summed E-state index contributed by atoms with van der Waals surface area (Å²) in [6.45, 7) is 3.65. The molecule has 1 unspecified atom stereocenters. The van der Waals surface area contributed by atoms with Gasteiger partial charge >= 0.3 is 0 Å². The molecule has 0 saturated carbocycles. The van der Waals surface area contributed by atoms with Gasteiger partial charge in [0.25, 0.3) is 0 Å². The molecule has 0 aliphatic heterocycles. The third kappa shape index (κ3) is 4.02. The monoisotopic (exact) mass is 355 g/mol. The predicted molar refractivity (Wildman–Crippen MR) is 82.7 cm³/mol. The van der Waals surface area contributed by atoms with Gasteiger partial charge in [0.15, 0.2) is 17.4 Å². The van der Waals surface area contributed by atoms with Crippen molar-refractivity contribution in [1.29, 1.82) is 0 Å². The quantitative estimate of drug-likeness (QED) is 0.861. The van der Waals surface area contributed by atoms with Crippen LogP contribution in [0.5, 0.6) is 11.5 Å². The van der Waals surface area contributed by atoms with Crippen LogP contribution in [0.1, 0.15) is 18.1 Å². The lowest BCUT2D eigenvalue weighted by atomic mass is 10.1. The third-order valence-electron chi connectivity index (χ3n) is 2.97. The van der Waals surface area contributed by atoms with Crippen molar-refractivity contribution in [2.75, 3.05) is 0 Å². The molecule has 0 fully saturated rings. The lowest BCUT2D eigenvalue weighted by Gasteiger charge is -2.12. The minimum atomic E-state index is -0.730. The highest BCUT2D eigenvalue weighted by Crippen LogP contribution is 2.31. The summed E-state index contributed by atoms with van der Waals surface area (Å²) in [5, 5.41) is 0. The molecular weight excluding hydrogens is 340 g/mol. The van der Waals surface area contributed by atoms with Crippen LogP contribution < -0.4 is 10.5 Å². The van der Waals surface area contributed by atoms with Crippen LogP contribution in [0, 0.1) is 18.6 Å². The summed E-state index contributed by atoms with van der Waals surface area (Å²) in [6.07, 6.45) is 0.408. The maximum absolute atomic E-state index is 14.0. The van der Waals surface area contributed by atoms with Gasteiger partial charge in [0.05, 0.1) is 0 Å². The average Bonchev–Trinajstić information content (AvgIpc) is 2.37. The number of ether oxygens (including phenoxy) is 1. The lowest BCUT2D eigenvalue weighted by molar-refractivity contribution is 0.406. The van der Waals surface area contributed by atoms with Crippen molar-refractivity contribution in [2.24, 2.45) is 5.73 Å². The maximum atomic E-state index is 14.0. The van der Waals surface area contributed by atoms with Gasteiger partial charge in [-0.25, -0.2) is 8.78 Å². The second kappa shape index (κ2) is 6.54. The molecule has 2 aromatic carbocycles. The van der Waals surface area contributed by atoms with Crippen molar-refractivity contribution >= 4 is 15.9 Å². The van der Waals surface area contributed by atoms with Gasteiger partial charge in [0.2, 0.25) is 0 Å². The first-order chi connectivity index (χ1) is 9.86. The first-order valence-electron chi connectivity index (χ1n) is 6.54. The molecule has 0 aromatic heterocycles. The molecule has 0 saturated heterocycles. The number of halogens is 3. The Morgan fingerprint density at radius 2 is 1.81 bits per heavy atom. The summed E-state index contributed by atoms with van der Waals surface area (Å²) in [6, 6.07) is 7.47. The molecule has 1 atom stereocenters. The zero-order valence-corrected chi connectivity index (χ0v) is 13.4. The van der Waals surface area contributed by atoms with Gasteiger partial charge in [-0.3, -0.25) is 0 Å². The Labute approximate surface area is 131 Å². The van der Waals surface area contributed by atoms with Crippen LogP contribution in [-0.4, -0.2) is 6.04 Å². The standard InChI is InChI=1S/C16H16BrF2NO/c1-9-5-12(3-4-13(9)17)21-16-14(18)7-11(6-10(2)20)8-15(16)19/h3-5,7-8,10H,6,20H2,1-2H3. The fraction of sp³-hybridized carbons (Fsp3) is 0.250. The molecule has 2 N–H and O–H groups in total. The molecule has 2 rings (SSSR count). The second-order valence-corrected chi connectivity index (χ2v) is 5.94. The summed E-state index contributed by atoms with van der Waals surface area (Å²) in [7, 11) is 0. The SMILES string of the molecule is Cc1cc(Oc2c(F)cc(CC(C)N)cc2F)ccc1Br. The topological polar surface area (TPSA) is 35.2 Å². The Bertz CT molecular complexity index is 636. The van der Waals surface area contributed by atoms with E-state index in [2.05, 4.69) is 15.9 Å². The lowest BCUT2D eigenvalue weighted by Crippen LogP contribution is -2.18. The van der Waals surface area contributed by atoms with Gasteiger partial charge in [0.1, 0.15) is 5.75 Å². The zero-order valence-electron chi connectivity index (χ0n) is 11.8. The van der Waals surface area contributed by atoms with E-state index in [1.54, 1.807) is 25.1 Å². The van der Waals surface area contributed by atoms with Crippen molar-refractivity contribution in [3.05, 3.63) is 57.6 Å². The van der Waals surface area contributed by atoms with Crippen LogP contribution in [0.2, 0.25) is 0 Å². The van der Waals surface area contributed by atoms with Crippen molar-refractivity contribution in [3.63, 3.8) is 0 Å². The molecule has 21 heavy (non-hydrogen) atoms. The summed E-state index contributed by atoms with van der Waals surface area (Å²) in [5.41, 5.74) is 7.07. The van der Waals surface area contributed by atoms with Gasteiger partial charge in [-0.2, -0.15) is 0 Å². The molecule has 5 heteroatoms. The Morgan fingerprint density at radius 1 is 1.19 bits per heavy atom. The Kier molecular flexibility index (Phi) is 4.96. The molecule has 0 radical (unpaired) electrons. The van der Waals surface area contributed by atoms with E-state index >= 15 is 0 Å². The van der Waals surface area contributed by atoms with Crippen LogP contribution in [0.3, 0.4) is 0 Å². The van der Waals surface area contributed by atoms with Crippen LogP contribution in [0.25, 0.3) is 0 Å². The molecule has 112 valence electrons. The minimum Gasteiger partial charge on any atom is -0.451 e. The van der Waals surface area contributed by atoms with Crippen molar-refractivity contribution in [3.8, 4) is 11.5 Å². The van der Waals surface area contributed by atoms with E-state index in [-0.39, 0.29) is 6.04 Å². The largest absolute Gasteiger partial charge is 0.451 e. The van der Waals surface area contributed by atoms with E-state index in [0.29, 0.717) is 17.7 Å². The van der Waals surface area contributed by atoms with Gasteiger partial charge in [0, 0.05) is 10.5 Å². The van der Waals surface area contributed by atoms with E-state index in [9.17, 15) is 8.78 Å². The average molecular weight is 356 g/mol. The third-order valence-corrected chi connectivity index (χ3v) is 3.85.